The first kappa shape index (κ1) is 25.3. The molecule has 4 nitrogen and oxygen atoms in total. The molecule has 3 unspecified atom stereocenters. The van der Waals surface area contributed by atoms with Crippen molar-refractivity contribution in [2.75, 3.05) is 18.8 Å². The minimum Gasteiger partial charge on any atom is -0.357 e. The standard InChI is InChI=1S/C21H34FN3OS.HI/c1-5-23-20(25-18-11-8-12-19(14-18)27(26)6-2)24-15-21(3,4)16-9-7-10-17(22)13-16;/h7,9-10,13,18-19H,5-6,8,11-12,14-15H2,1-4H3,(H2,23,24,25);1H. The Morgan fingerprint density at radius 3 is 2.71 bits per heavy atom. The largest absolute Gasteiger partial charge is 0.357 e. The topological polar surface area (TPSA) is 53.5 Å². The van der Waals surface area contributed by atoms with Crippen LogP contribution >= 0.6 is 24.0 Å². The van der Waals surface area contributed by atoms with Crippen LogP contribution in [0.1, 0.15) is 58.9 Å². The fourth-order valence-electron chi connectivity index (χ4n) is 3.54. The molecule has 0 bridgehead atoms. The summed E-state index contributed by atoms with van der Waals surface area (Å²) in [5.74, 6) is 1.30. The summed E-state index contributed by atoms with van der Waals surface area (Å²) in [5.41, 5.74) is 0.682. The summed E-state index contributed by atoms with van der Waals surface area (Å²) < 4.78 is 25.7. The van der Waals surface area contributed by atoms with Gasteiger partial charge in [0.05, 0.1) is 6.54 Å². The molecule has 7 heteroatoms. The van der Waals surface area contributed by atoms with E-state index >= 15 is 0 Å². The molecule has 160 valence electrons. The van der Waals surface area contributed by atoms with Crippen molar-refractivity contribution in [3.63, 3.8) is 0 Å². The van der Waals surface area contributed by atoms with Crippen molar-refractivity contribution in [3.05, 3.63) is 35.6 Å². The van der Waals surface area contributed by atoms with Gasteiger partial charge in [-0.25, -0.2) is 4.39 Å². The zero-order chi connectivity index (χ0) is 19.9. The summed E-state index contributed by atoms with van der Waals surface area (Å²) in [6.07, 6.45) is 4.16. The molecule has 2 rings (SSSR count). The van der Waals surface area contributed by atoms with Crippen molar-refractivity contribution in [1.82, 2.24) is 10.6 Å². The van der Waals surface area contributed by atoms with Crippen LogP contribution in [0.2, 0.25) is 0 Å². The highest BCUT2D eigenvalue weighted by Crippen LogP contribution is 2.25. The van der Waals surface area contributed by atoms with Gasteiger partial charge in [-0.3, -0.25) is 9.20 Å². The minimum absolute atomic E-state index is 0. The van der Waals surface area contributed by atoms with Gasteiger partial charge in [-0.15, -0.1) is 24.0 Å². The first-order chi connectivity index (χ1) is 12.9. The van der Waals surface area contributed by atoms with Crippen LogP contribution in [0.3, 0.4) is 0 Å². The molecule has 0 amide bonds. The molecule has 0 aromatic heterocycles. The van der Waals surface area contributed by atoms with Gasteiger partial charge in [0.2, 0.25) is 0 Å². The Labute approximate surface area is 189 Å². The van der Waals surface area contributed by atoms with E-state index in [4.69, 9.17) is 4.99 Å². The zero-order valence-corrected chi connectivity index (χ0v) is 20.6. The fraction of sp³-hybridized carbons (Fsp3) is 0.667. The van der Waals surface area contributed by atoms with Crippen LogP contribution < -0.4 is 10.6 Å². The van der Waals surface area contributed by atoms with E-state index in [1.807, 2.05) is 19.9 Å². The van der Waals surface area contributed by atoms with Crippen LogP contribution in [0, 0.1) is 5.82 Å². The molecular formula is C21H35FIN3OS. The van der Waals surface area contributed by atoms with Crippen molar-refractivity contribution >= 4 is 40.7 Å². The molecule has 2 N–H and O–H groups in total. The number of guanidine groups is 1. The van der Waals surface area contributed by atoms with Crippen LogP contribution in [-0.2, 0) is 16.2 Å². The maximum absolute atomic E-state index is 13.6. The lowest BCUT2D eigenvalue weighted by atomic mass is 9.85. The quantitative estimate of drug-likeness (QED) is 0.318. The zero-order valence-electron chi connectivity index (χ0n) is 17.5. The second kappa shape index (κ2) is 12.1. The number of halogens is 2. The third-order valence-electron chi connectivity index (χ3n) is 5.21. The number of hydrogen-bond donors (Lipinski definition) is 2. The summed E-state index contributed by atoms with van der Waals surface area (Å²) in [4.78, 5) is 4.77. The number of nitrogens with one attached hydrogen (secondary N) is 2. The lowest BCUT2D eigenvalue weighted by Crippen LogP contribution is -2.47. The monoisotopic (exact) mass is 523 g/mol. The van der Waals surface area contributed by atoms with E-state index in [1.54, 1.807) is 12.1 Å². The van der Waals surface area contributed by atoms with Crippen molar-refractivity contribution in [2.45, 2.75) is 70.1 Å². The summed E-state index contributed by atoms with van der Waals surface area (Å²) in [7, 11) is -0.734. The number of hydrogen-bond acceptors (Lipinski definition) is 2. The normalized spacial score (nSPS) is 21.5. The van der Waals surface area contributed by atoms with E-state index in [2.05, 4.69) is 24.5 Å². The van der Waals surface area contributed by atoms with Gasteiger partial charge in [0.15, 0.2) is 5.96 Å². The fourth-order valence-corrected chi connectivity index (χ4v) is 4.89. The van der Waals surface area contributed by atoms with Gasteiger partial charge in [-0.2, -0.15) is 0 Å². The number of aliphatic imine (C=N–C) groups is 1. The molecule has 1 aromatic carbocycles. The van der Waals surface area contributed by atoms with Gasteiger partial charge in [0.1, 0.15) is 5.82 Å². The molecule has 28 heavy (non-hydrogen) atoms. The highest BCUT2D eigenvalue weighted by Gasteiger charge is 2.26. The van der Waals surface area contributed by atoms with E-state index in [0.29, 0.717) is 12.6 Å². The van der Waals surface area contributed by atoms with E-state index in [1.165, 1.54) is 6.07 Å². The predicted molar refractivity (Wildman–Crippen MR) is 129 cm³/mol. The van der Waals surface area contributed by atoms with Crippen LogP contribution in [0.5, 0.6) is 0 Å². The maximum atomic E-state index is 13.6. The summed E-state index contributed by atoms with van der Waals surface area (Å²) >= 11 is 0. The molecule has 1 fully saturated rings. The van der Waals surface area contributed by atoms with Gasteiger partial charge in [0.25, 0.3) is 0 Å². The molecule has 0 aliphatic heterocycles. The van der Waals surface area contributed by atoms with Crippen LogP contribution in [-0.4, -0.2) is 40.3 Å². The van der Waals surface area contributed by atoms with Crippen LogP contribution in [0.25, 0.3) is 0 Å². The Morgan fingerprint density at radius 1 is 1.32 bits per heavy atom. The third-order valence-corrected chi connectivity index (χ3v) is 6.95. The van der Waals surface area contributed by atoms with Gasteiger partial charge in [-0.1, -0.05) is 39.3 Å². The van der Waals surface area contributed by atoms with E-state index in [9.17, 15) is 8.60 Å². The Balaban J connectivity index is 0.00000392. The highest BCUT2D eigenvalue weighted by molar-refractivity contribution is 14.0. The predicted octanol–water partition coefficient (Wildman–Crippen LogP) is 4.36. The first-order valence-electron chi connectivity index (χ1n) is 10.0. The molecule has 0 spiro atoms. The van der Waals surface area contributed by atoms with E-state index in [0.717, 1.165) is 49.5 Å². The van der Waals surface area contributed by atoms with Gasteiger partial charge in [0, 0.05) is 39.8 Å². The Hall–Kier alpha value is -0.700. The maximum Gasteiger partial charge on any atom is 0.191 e. The number of benzene rings is 1. The van der Waals surface area contributed by atoms with Crippen molar-refractivity contribution in [3.8, 4) is 0 Å². The molecule has 1 aromatic rings. The molecule has 1 aliphatic rings. The Kier molecular flexibility index (Phi) is 10.9. The van der Waals surface area contributed by atoms with Crippen LogP contribution in [0.4, 0.5) is 4.39 Å². The SMILES string of the molecule is CCNC(=NCC(C)(C)c1cccc(F)c1)NC1CCCC(S(=O)CC)C1.I. The van der Waals surface area contributed by atoms with Crippen molar-refractivity contribution in [1.29, 1.82) is 0 Å². The average molecular weight is 524 g/mol. The molecule has 1 aliphatic carbocycles. The van der Waals surface area contributed by atoms with E-state index in [-0.39, 0.29) is 40.5 Å². The number of nitrogens with zero attached hydrogens (tertiary/aromatic N) is 1. The van der Waals surface area contributed by atoms with Gasteiger partial charge in [-0.05, 0) is 43.9 Å². The third kappa shape index (κ3) is 7.61. The smallest absolute Gasteiger partial charge is 0.191 e. The van der Waals surface area contributed by atoms with Gasteiger partial charge >= 0.3 is 0 Å². The van der Waals surface area contributed by atoms with Crippen molar-refractivity contribution in [2.24, 2.45) is 4.99 Å². The first-order valence-corrected chi connectivity index (χ1v) is 11.4. The summed E-state index contributed by atoms with van der Waals surface area (Å²) in [6, 6.07) is 7.05. The molecule has 0 saturated heterocycles. The van der Waals surface area contributed by atoms with E-state index < -0.39 is 10.8 Å². The molecular weight excluding hydrogens is 488 g/mol. The second-order valence-corrected chi connectivity index (χ2v) is 9.89. The Bertz CT molecular complexity index is 669. The summed E-state index contributed by atoms with van der Waals surface area (Å²) in [5, 5.41) is 7.13. The van der Waals surface area contributed by atoms with Gasteiger partial charge < -0.3 is 10.6 Å². The van der Waals surface area contributed by atoms with Crippen LogP contribution in [0.15, 0.2) is 29.3 Å². The minimum atomic E-state index is -0.734. The number of rotatable bonds is 7. The molecule has 1 saturated carbocycles. The Morgan fingerprint density at radius 2 is 2.07 bits per heavy atom. The average Bonchev–Trinajstić information content (AvgIpc) is 2.66. The van der Waals surface area contributed by atoms with Crippen molar-refractivity contribution < 1.29 is 8.60 Å². The molecule has 0 heterocycles. The molecule has 0 radical (unpaired) electrons. The second-order valence-electron chi connectivity index (χ2n) is 7.89. The lowest BCUT2D eigenvalue weighted by molar-refractivity contribution is 0.412. The highest BCUT2D eigenvalue weighted by atomic mass is 127. The lowest BCUT2D eigenvalue weighted by Gasteiger charge is -2.30. The molecule has 3 atom stereocenters. The summed E-state index contributed by atoms with van der Waals surface area (Å²) in [6.45, 7) is 9.54.